The van der Waals surface area contributed by atoms with Crippen molar-refractivity contribution in [2.45, 2.75) is 25.8 Å². The van der Waals surface area contributed by atoms with Crippen molar-refractivity contribution in [3.05, 3.63) is 0 Å². The van der Waals surface area contributed by atoms with Gasteiger partial charge in [0.05, 0.1) is 6.73 Å². The molecular formula is C12H26N2O5. The minimum absolute atomic E-state index is 0.0794. The summed E-state index contributed by atoms with van der Waals surface area (Å²) < 4.78 is 20.6. The van der Waals surface area contributed by atoms with E-state index in [1.165, 1.54) is 14.0 Å². The number of carbonyl (C=O) groups is 1. The van der Waals surface area contributed by atoms with Crippen LogP contribution < -0.4 is 5.32 Å². The van der Waals surface area contributed by atoms with Crippen molar-refractivity contribution in [3.63, 3.8) is 0 Å². The lowest BCUT2D eigenvalue weighted by atomic mass is 10.3. The van der Waals surface area contributed by atoms with Crippen LogP contribution in [0.15, 0.2) is 0 Å². The van der Waals surface area contributed by atoms with Gasteiger partial charge in [-0.3, -0.25) is 10.1 Å². The molecule has 0 aromatic rings. The minimum atomic E-state index is -0.519. The highest BCUT2D eigenvalue weighted by molar-refractivity contribution is 5.73. The molecule has 7 heteroatoms. The van der Waals surface area contributed by atoms with Crippen molar-refractivity contribution < 1.29 is 23.7 Å². The molecule has 0 saturated carbocycles. The standard InChI is InChI=1S/C12H26N2O5/c1-10(15)14(7-6-8-16-2)12(19-5)11(18-4)13-9-17-3/h11-13H,6-9H2,1-5H3. The SMILES string of the molecule is COCCCN(C(C)=O)C(OC)C(NCOC)OC. The molecule has 1 N–H and O–H groups in total. The van der Waals surface area contributed by atoms with E-state index in [0.717, 1.165) is 6.42 Å². The van der Waals surface area contributed by atoms with Gasteiger partial charge in [0.2, 0.25) is 5.91 Å². The van der Waals surface area contributed by atoms with E-state index in [4.69, 9.17) is 18.9 Å². The first-order chi connectivity index (χ1) is 9.12. The lowest BCUT2D eigenvalue weighted by molar-refractivity contribution is -0.163. The van der Waals surface area contributed by atoms with Crippen molar-refractivity contribution >= 4 is 5.91 Å². The second-order valence-electron chi connectivity index (χ2n) is 3.98. The first kappa shape index (κ1) is 18.3. The van der Waals surface area contributed by atoms with Gasteiger partial charge >= 0.3 is 0 Å². The fourth-order valence-electron chi connectivity index (χ4n) is 1.72. The molecule has 0 aromatic carbocycles. The summed E-state index contributed by atoms with van der Waals surface area (Å²) in [7, 11) is 6.29. The summed E-state index contributed by atoms with van der Waals surface area (Å²) in [6, 6.07) is 0. The topological polar surface area (TPSA) is 69.3 Å². The highest BCUT2D eigenvalue weighted by Crippen LogP contribution is 2.09. The normalized spacial score (nSPS) is 14.2. The Bertz CT molecular complexity index is 240. The third-order valence-corrected chi connectivity index (χ3v) is 2.64. The largest absolute Gasteiger partial charge is 0.385 e. The van der Waals surface area contributed by atoms with Crippen LogP contribution in [0.4, 0.5) is 0 Å². The molecule has 0 radical (unpaired) electrons. The number of hydrogen-bond acceptors (Lipinski definition) is 6. The zero-order valence-corrected chi connectivity index (χ0v) is 12.5. The molecular weight excluding hydrogens is 252 g/mol. The Morgan fingerprint density at radius 1 is 1.16 bits per heavy atom. The first-order valence-electron chi connectivity index (χ1n) is 6.16. The summed E-state index contributed by atoms with van der Waals surface area (Å²) in [6.07, 6.45) is -0.248. The van der Waals surface area contributed by atoms with Crippen molar-refractivity contribution in [1.82, 2.24) is 10.2 Å². The van der Waals surface area contributed by atoms with Gasteiger partial charge in [-0.1, -0.05) is 0 Å². The van der Waals surface area contributed by atoms with Gasteiger partial charge in [-0.2, -0.15) is 0 Å². The average Bonchev–Trinajstić information content (AvgIpc) is 2.40. The van der Waals surface area contributed by atoms with E-state index < -0.39 is 12.5 Å². The maximum absolute atomic E-state index is 11.7. The third-order valence-electron chi connectivity index (χ3n) is 2.64. The molecule has 7 nitrogen and oxygen atoms in total. The average molecular weight is 278 g/mol. The number of ether oxygens (including phenoxy) is 4. The van der Waals surface area contributed by atoms with Gasteiger partial charge in [-0.25, -0.2) is 0 Å². The quantitative estimate of drug-likeness (QED) is 0.424. The van der Waals surface area contributed by atoms with Crippen LogP contribution in [0, 0.1) is 0 Å². The Morgan fingerprint density at radius 3 is 2.26 bits per heavy atom. The number of amides is 1. The van der Waals surface area contributed by atoms with Crippen LogP contribution in [-0.2, 0) is 23.7 Å². The second kappa shape index (κ2) is 11.1. The van der Waals surface area contributed by atoms with E-state index >= 15 is 0 Å². The molecule has 0 fully saturated rings. The van der Waals surface area contributed by atoms with E-state index in [0.29, 0.717) is 19.9 Å². The van der Waals surface area contributed by atoms with Gasteiger partial charge in [0.15, 0.2) is 12.5 Å². The summed E-state index contributed by atoms with van der Waals surface area (Å²) >= 11 is 0. The predicted molar refractivity (Wildman–Crippen MR) is 70.5 cm³/mol. The molecule has 0 spiro atoms. The van der Waals surface area contributed by atoms with Crippen molar-refractivity contribution in [1.29, 1.82) is 0 Å². The predicted octanol–water partition coefficient (Wildman–Crippen LogP) is 0.00990. The summed E-state index contributed by atoms with van der Waals surface area (Å²) in [5, 5.41) is 3.00. The number of rotatable bonds is 11. The smallest absolute Gasteiger partial charge is 0.221 e. The molecule has 2 atom stereocenters. The third kappa shape index (κ3) is 6.84. The van der Waals surface area contributed by atoms with Gasteiger partial charge in [-0.05, 0) is 6.42 Å². The zero-order chi connectivity index (χ0) is 14.7. The Labute approximate surface area is 115 Å². The van der Waals surface area contributed by atoms with Crippen LogP contribution in [0.5, 0.6) is 0 Å². The molecule has 1 amide bonds. The highest BCUT2D eigenvalue weighted by atomic mass is 16.6. The van der Waals surface area contributed by atoms with Crippen LogP contribution in [0.25, 0.3) is 0 Å². The van der Waals surface area contributed by atoms with Crippen LogP contribution in [0.1, 0.15) is 13.3 Å². The molecule has 114 valence electrons. The Balaban J connectivity index is 4.64. The van der Waals surface area contributed by atoms with Gasteiger partial charge < -0.3 is 23.8 Å². The number of carbonyl (C=O) groups excluding carboxylic acids is 1. The minimum Gasteiger partial charge on any atom is -0.385 e. The van der Waals surface area contributed by atoms with E-state index in [2.05, 4.69) is 5.32 Å². The molecule has 0 heterocycles. The Morgan fingerprint density at radius 2 is 1.84 bits per heavy atom. The van der Waals surface area contributed by atoms with Crippen molar-refractivity contribution in [2.24, 2.45) is 0 Å². The van der Waals surface area contributed by atoms with Crippen LogP contribution >= 0.6 is 0 Å². The summed E-state index contributed by atoms with van der Waals surface area (Å²) in [5.74, 6) is -0.0794. The number of nitrogens with zero attached hydrogens (tertiary/aromatic N) is 1. The van der Waals surface area contributed by atoms with E-state index in [1.807, 2.05) is 0 Å². The zero-order valence-electron chi connectivity index (χ0n) is 12.5. The fourth-order valence-corrected chi connectivity index (χ4v) is 1.72. The molecule has 0 aromatic heterocycles. The molecule has 19 heavy (non-hydrogen) atoms. The van der Waals surface area contributed by atoms with Gasteiger partial charge in [0.1, 0.15) is 0 Å². The van der Waals surface area contributed by atoms with Crippen LogP contribution in [0.2, 0.25) is 0 Å². The second-order valence-corrected chi connectivity index (χ2v) is 3.98. The Hall–Kier alpha value is -0.730. The van der Waals surface area contributed by atoms with Crippen molar-refractivity contribution in [2.75, 3.05) is 48.3 Å². The molecule has 0 aliphatic rings. The molecule has 0 aliphatic heterocycles. The fraction of sp³-hybridized carbons (Fsp3) is 0.917. The summed E-state index contributed by atoms with van der Waals surface area (Å²) in [4.78, 5) is 13.3. The molecule has 2 unspecified atom stereocenters. The first-order valence-corrected chi connectivity index (χ1v) is 6.16. The van der Waals surface area contributed by atoms with Crippen LogP contribution in [-0.4, -0.2) is 71.6 Å². The van der Waals surface area contributed by atoms with Crippen LogP contribution in [0.3, 0.4) is 0 Å². The molecule has 0 aliphatic carbocycles. The Kier molecular flexibility index (Phi) is 10.7. The molecule has 0 bridgehead atoms. The lowest BCUT2D eigenvalue weighted by Gasteiger charge is -2.34. The maximum atomic E-state index is 11.7. The molecule has 0 rings (SSSR count). The summed E-state index contributed by atoms with van der Waals surface area (Å²) in [6.45, 7) is 2.93. The van der Waals surface area contributed by atoms with E-state index in [1.54, 1.807) is 26.2 Å². The van der Waals surface area contributed by atoms with Crippen molar-refractivity contribution in [3.8, 4) is 0 Å². The number of hydrogen-bond donors (Lipinski definition) is 1. The summed E-state index contributed by atoms with van der Waals surface area (Å²) in [5.41, 5.74) is 0. The monoisotopic (exact) mass is 278 g/mol. The van der Waals surface area contributed by atoms with E-state index in [9.17, 15) is 4.79 Å². The maximum Gasteiger partial charge on any atom is 0.221 e. The molecule has 0 saturated heterocycles. The van der Waals surface area contributed by atoms with Gasteiger partial charge in [0, 0.05) is 48.5 Å². The van der Waals surface area contributed by atoms with Gasteiger partial charge in [0.25, 0.3) is 0 Å². The number of nitrogens with one attached hydrogen (secondary N) is 1. The highest BCUT2D eigenvalue weighted by Gasteiger charge is 2.28. The van der Waals surface area contributed by atoms with Gasteiger partial charge in [-0.15, -0.1) is 0 Å². The van der Waals surface area contributed by atoms with E-state index in [-0.39, 0.29) is 5.91 Å². The number of methoxy groups -OCH3 is 4. The lowest BCUT2D eigenvalue weighted by Crippen LogP contribution is -2.54.